The van der Waals surface area contributed by atoms with E-state index < -0.39 is 0 Å². The molecule has 2 heteroatoms. The maximum Gasteiger partial charge on any atom is 0.0211 e. The van der Waals surface area contributed by atoms with Crippen molar-refractivity contribution < 1.29 is 0 Å². The van der Waals surface area contributed by atoms with Crippen molar-refractivity contribution in [2.75, 3.05) is 6.54 Å². The van der Waals surface area contributed by atoms with Gasteiger partial charge in [-0.3, -0.25) is 0 Å². The summed E-state index contributed by atoms with van der Waals surface area (Å²) in [4.78, 5) is 0. The molecule has 1 aliphatic rings. The first-order chi connectivity index (χ1) is 8.29. The van der Waals surface area contributed by atoms with Gasteiger partial charge in [0.1, 0.15) is 0 Å². The molecule has 0 aliphatic heterocycles. The lowest BCUT2D eigenvalue weighted by atomic mass is 10.1. The number of nitrogens with one attached hydrogen (secondary N) is 2. The van der Waals surface area contributed by atoms with Crippen molar-refractivity contribution in [2.45, 2.75) is 51.7 Å². The van der Waals surface area contributed by atoms with E-state index in [1.165, 1.54) is 24.0 Å². The molecule has 0 aromatic heterocycles. The predicted molar refractivity (Wildman–Crippen MR) is 73.1 cm³/mol. The molecule has 1 atom stereocenters. The molecule has 0 amide bonds. The highest BCUT2D eigenvalue weighted by molar-refractivity contribution is 5.26. The quantitative estimate of drug-likeness (QED) is 0.754. The zero-order valence-corrected chi connectivity index (χ0v) is 11.0. The molecule has 2 nitrogen and oxygen atoms in total. The number of benzene rings is 1. The van der Waals surface area contributed by atoms with Crippen molar-refractivity contribution in [1.29, 1.82) is 0 Å². The zero-order chi connectivity index (χ0) is 12.1. The summed E-state index contributed by atoms with van der Waals surface area (Å²) < 4.78 is 0. The lowest BCUT2D eigenvalue weighted by Gasteiger charge is -2.16. The highest BCUT2D eigenvalue weighted by atomic mass is 15.0. The van der Waals surface area contributed by atoms with Crippen LogP contribution in [0.25, 0.3) is 0 Å². The molecule has 1 aliphatic carbocycles. The van der Waals surface area contributed by atoms with Gasteiger partial charge in [0.15, 0.2) is 0 Å². The Hall–Kier alpha value is -0.860. The minimum atomic E-state index is 0.542. The van der Waals surface area contributed by atoms with Crippen molar-refractivity contribution in [3.63, 3.8) is 0 Å². The number of hydrogen-bond donors (Lipinski definition) is 2. The molecule has 0 spiro atoms. The summed E-state index contributed by atoms with van der Waals surface area (Å²) in [5, 5.41) is 7.15. The largest absolute Gasteiger partial charge is 0.312 e. The van der Waals surface area contributed by atoms with E-state index in [4.69, 9.17) is 0 Å². The van der Waals surface area contributed by atoms with Gasteiger partial charge in [0.25, 0.3) is 0 Å². The molecule has 1 fully saturated rings. The second-order valence-corrected chi connectivity index (χ2v) is 5.09. The minimum absolute atomic E-state index is 0.542. The first-order valence-corrected chi connectivity index (χ1v) is 6.83. The van der Waals surface area contributed by atoms with E-state index in [0.717, 1.165) is 25.6 Å². The van der Waals surface area contributed by atoms with Crippen LogP contribution in [0.3, 0.4) is 0 Å². The van der Waals surface area contributed by atoms with Crippen LogP contribution in [0.2, 0.25) is 0 Å². The van der Waals surface area contributed by atoms with Crippen molar-refractivity contribution in [3.05, 3.63) is 35.4 Å². The van der Waals surface area contributed by atoms with Crippen LogP contribution >= 0.6 is 0 Å². The molecular formula is C15H24N2. The van der Waals surface area contributed by atoms with Gasteiger partial charge < -0.3 is 10.6 Å². The number of rotatable bonds is 7. The summed E-state index contributed by atoms with van der Waals surface area (Å²) in [6, 6.07) is 10.1. The molecule has 0 heterocycles. The third kappa shape index (κ3) is 4.14. The average Bonchev–Trinajstić information content (AvgIpc) is 3.18. The van der Waals surface area contributed by atoms with Gasteiger partial charge in [0, 0.05) is 25.2 Å². The maximum atomic E-state index is 3.59. The minimum Gasteiger partial charge on any atom is -0.312 e. The summed E-state index contributed by atoms with van der Waals surface area (Å²) in [6.45, 7) is 6.54. The van der Waals surface area contributed by atoms with E-state index in [1.54, 1.807) is 0 Å². The topological polar surface area (TPSA) is 24.1 Å². The highest BCUT2D eigenvalue weighted by Crippen LogP contribution is 2.18. The van der Waals surface area contributed by atoms with Gasteiger partial charge >= 0.3 is 0 Å². The highest BCUT2D eigenvalue weighted by Gasteiger charge is 2.20. The Bertz CT molecular complexity index is 345. The molecule has 0 radical (unpaired) electrons. The molecule has 2 rings (SSSR count). The summed E-state index contributed by atoms with van der Waals surface area (Å²) in [6.07, 6.45) is 3.85. The Labute approximate surface area is 105 Å². The smallest absolute Gasteiger partial charge is 0.0211 e. The Morgan fingerprint density at radius 1 is 1.24 bits per heavy atom. The first kappa shape index (κ1) is 12.6. The van der Waals surface area contributed by atoms with Crippen LogP contribution in [0, 0.1) is 0 Å². The predicted octanol–water partition coefficient (Wildman–Crippen LogP) is 2.48. The van der Waals surface area contributed by atoms with Crippen LogP contribution in [0.4, 0.5) is 0 Å². The van der Waals surface area contributed by atoms with Crippen molar-refractivity contribution >= 4 is 0 Å². The number of hydrogen-bond acceptors (Lipinski definition) is 2. The Balaban J connectivity index is 1.75. The van der Waals surface area contributed by atoms with Gasteiger partial charge in [-0.2, -0.15) is 0 Å². The van der Waals surface area contributed by atoms with Crippen molar-refractivity contribution in [3.8, 4) is 0 Å². The molecule has 17 heavy (non-hydrogen) atoms. The molecular weight excluding hydrogens is 208 g/mol. The van der Waals surface area contributed by atoms with Gasteiger partial charge in [-0.25, -0.2) is 0 Å². The van der Waals surface area contributed by atoms with Gasteiger partial charge in [-0.15, -0.1) is 0 Å². The van der Waals surface area contributed by atoms with Crippen molar-refractivity contribution in [2.24, 2.45) is 0 Å². The molecule has 1 unspecified atom stereocenters. The maximum absolute atomic E-state index is 3.59. The van der Waals surface area contributed by atoms with Crippen LogP contribution in [0.15, 0.2) is 24.3 Å². The van der Waals surface area contributed by atoms with Gasteiger partial charge in [0.05, 0.1) is 0 Å². The second kappa shape index (κ2) is 6.18. The standard InChI is InChI=1S/C15H24N2/c1-3-13-6-4-5-7-14(13)11-16-12(2)10-17-15-8-9-15/h4-7,12,15-17H,3,8-11H2,1-2H3. The fraction of sp³-hybridized carbons (Fsp3) is 0.600. The molecule has 1 aromatic rings. The Kier molecular flexibility index (Phi) is 4.57. The molecule has 0 saturated heterocycles. The molecule has 2 N–H and O–H groups in total. The monoisotopic (exact) mass is 232 g/mol. The van der Waals surface area contributed by atoms with Gasteiger partial charge in [0.2, 0.25) is 0 Å². The van der Waals surface area contributed by atoms with E-state index in [0.29, 0.717) is 6.04 Å². The van der Waals surface area contributed by atoms with E-state index in [2.05, 4.69) is 48.7 Å². The van der Waals surface area contributed by atoms with E-state index in [-0.39, 0.29) is 0 Å². The normalized spacial score (nSPS) is 17.1. The lowest BCUT2D eigenvalue weighted by molar-refractivity contribution is 0.499. The number of aryl methyl sites for hydroxylation is 1. The summed E-state index contributed by atoms with van der Waals surface area (Å²) in [5.41, 5.74) is 2.90. The van der Waals surface area contributed by atoms with Crippen LogP contribution in [-0.2, 0) is 13.0 Å². The SMILES string of the molecule is CCc1ccccc1CNC(C)CNC1CC1. The van der Waals surface area contributed by atoms with Gasteiger partial charge in [-0.05, 0) is 37.3 Å². The third-order valence-corrected chi connectivity index (χ3v) is 3.43. The first-order valence-electron chi connectivity index (χ1n) is 6.83. The molecule has 94 valence electrons. The summed E-state index contributed by atoms with van der Waals surface area (Å²) in [5.74, 6) is 0. The van der Waals surface area contributed by atoms with Crippen LogP contribution in [0.1, 0.15) is 37.8 Å². The fourth-order valence-corrected chi connectivity index (χ4v) is 2.06. The Morgan fingerprint density at radius 3 is 2.59 bits per heavy atom. The Morgan fingerprint density at radius 2 is 1.94 bits per heavy atom. The van der Waals surface area contributed by atoms with Gasteiger partial charge in [-0.1, -0.05) is 31.2 Å². The van der Waals surface area contributed by atoms with E-state index in [9.17, 15) is 0 Å². The van der Waals surface area contributed by atoms with Crippen LogP contribution in [-0.4, -0.2) is 18.6 Å². The molecule has 0 bridgehead atoms. The summed E-state index contributed by atoms with van der Waals surface area (Å²) in [7, 11) is 0. The third-order valence-electron chi connectivity index (χ3n) is 3.43. The van der Waals surface area contributed by atoms with Crippen LogP contribution in [0.5, 0.6) is 0 Å². The summed E-state index contributed by atoms with van der Waals surface area (Å²) >= 11 is 0. The molecule has 1 aromatic carbocycles. The van der Waals surface area contributed by atoms with Crippen molar-refractivity contribution in [1.82, 2.24) is 10.6 Å². The fourth-order valence-electron chi connectivity index (χ4n) is 2.06. The van der Waals surface area contributed by atoms with Crippen LogP contribution < -0.4 is 10.6 Å². The van der Waals surface area contributed by atoms with E-state index in [1.807, 2.05) is 0 Å². The second-order valence-electron chi connectivity index (χ2n) is 5.09. The van der Waals surface area contributed by atoms with E-state index >= 15 is 0 Å². The average molecular weight is 232 g/mol. The lowest BCUT2D eigenvalue weighted by Crippen LogP contribution is -2.36. The molecule has 1 saturated carbocycles. The zero-order valence-electron chi connectivity index (χ0n) is 11.0.